The van der Waals surface area contributed by atoms with Gasteiger partial charge in [0.05, 0.1) is 5.29 Å². The van der Waals surface area contributed by atoms with E-state index in [1.165, 1.54) is 9.90 Å². The van der Waals surface area contributed by atoms with Gasteiger partial charge >= 0.3 is 0 Å². The highest BCUT2D eigenvalue weighted by Gasteiger charge is 1.95. The van der Waals surface area contributed by atoms with Gasteiger partial charge in [0.15, 0.2) is 0 Å². The molecular weight excluding hydrogens is 184 g/mol. The van der Waals surface area contributed by atoms with E-state index < -0.39 is 0 Å². The molecule has 0 N–H and O–H groups in total. The van der Waals surface area contributed by atoms with Crippen LogP contribution in [0.3, 0.4) is 0 Å². The van der Waals surface area contributed by atoms with Crippen molar-refractivity contribution in [2.75, 3.05) is 19.3 Å². The second kappa shape index (κ2) is 5.59. The van der Waals surface area contributed by atoms with Crippen molar-refractivity contribution >= 4 is 11.8 Å². The molecule has 0 amide bonds. The monoisotopic (exact) mass is 196 g/mol. The smallest absolute Gasteiger partial charge is 0.0521 e. The zero-order chi connectivity index (χ0) is 9.52. The lowest BCUT2D eigenvalue weighted by molar-refractivity contribution is 0.373. The summed E-state index contributed by atoms with van der Waals surface area (Å²) in [6, 6.07) is 10.1. The molecule has 0 aliphatic carbocycles. The summed E-state index contributed by atoms with van der Waals surface area (Å²) in [6.45, 7) is 0.684. The van der Waals surface area contributed by atoms with E-state index in [0.717, 1.165) is 5.75 Å². The van der Waals surface area contributed by atoms with Crippen molar-refractivity contribution in [2.45, 2.75) is 4.90 Å². The molecule has 1 aromatic rings. The lowest BCUT2D eigenvalue weighted by Crippen LogP contribution is -2.13. The summed E-state index contributed by atoms with van der Waals surface area (Å²) in [5.74, 6) is 0.881. The van der Waals surface area contributed by atoms with E-state index in [0.29, 0.717) is 6.54 Å². The van der Waals surface area contributed by atoms with Gasteiger partial charge in [0.1, 0.15) is 0 Å². The van der Waals surface area contributed by atoms with Gasteiger partial charge in [-0.2, -0.15) is 0 Å². The minimum absolute atomic E-state index is 0.684. The Morgan fingerprint density at radius 3 is 2.69 bits per heavy atom. The molecule has 0 unspecified atom stereocenters. The van der Waals surface area contributed by atoms with Crippen molar-refractivity contribution < 1.29 is 0 Å². The first-order valence-electron chi connectivity index (χ1n) is 4.05. The van der Waals surface area contributed by atoms with Gasteiger partial charge in [-0.05, 0) is 12.1 Å². The fraction of sp³-hybridized carbons (Fsp3) is 0.333. The zero-order valence-corrected chi connectivity index (χ0v) is 8.33. The molecule has 0 spiro atoms. The van der Waals surface area contributed by atoms with Gasteiger partial charge in [-0.3, -0.25) is 5.01 Å². The Hall–Kier alpha value is -1.03. The maximum Gasteiger partial charge on any atom is 0.0521 e. The van der Waals surface area contributed by atoms with Crippen LogP contribution in [0, 0.1) is 4.91 Å². The minimum atomic E-state index is 0.684. The Morgan fingerprint density at radius 2 is 2.08 bits per heavy atom. The fourth-order valence-corrected chi connectivity index (χ4v) is 1.79. The highest BCUT2D eigenvalue weighted by molar-refractivity contribution is 7.99. The summed E-state index contributed by atoms with van der Waals surface area (Å²) in [4.78, 5) is 11.2. The molecule has 0 aliphatic heterocycles. The maximum atomic E-state index is 10.0. The lowest BCUT2D eigenvalue weighted by Gasteiger charge is -2.07. The fourth-order valence-electron chi connectivity index (χ4n) is 0.853. The highest BCUT2D eigenvalue weighted by atomic mass is 32.2. The molecule has 0 saturated heterocycles. The Morgan fingerprint density at radius 1 is 1.38 bits per heavy atom. The first-order valence-corrected chi connectivity index (χ1v) is 5.04. The number of hydrogen-bond acceptors (Lipinski definition) is 3. The predicted molar refractivity (Wildman–Crippen MR) is 55.6 cm³/mol. The van der Waals surface area contributed by atoms with Gasteiger partial charge in [0.25, 0.3) is 0 Å². The van der Waals surface area contributed by atoms with Crippen LogP contribution in [0.15, 0.2) is 40.5 Å². The summed E-state index contributed by atoms with van der Waals surface area (Å²) < 4.78 is 0. The van der Waals surface area contributed by atoms with Crippen LogP contribution in [0.1, 0.15) is 0 Å². The molecule has 3 nitrogen and oxygen atoms in total. The topological polar surface area (TPSA) is 32.7 Å². The van der Waals surface area contributed by atoms with Crippen molar-refractivity contribution in [3.05, 3.63) is 35.2 Å². The van der Waals surface area contributed by atoms with Crippen molar-refractivity contribution in [3.63, 3.8) is 0 Å². The van der Waals surface area contributed by atoms with Crippen LogP contribution in [0.25, 0.3) is 0 Å². The van der Waals surface area contributed by atoms with Crippen LogP contribution < -0.4 is 0 Å². The first-order chi connectivity index (χ1) is 6.33. The molecular formula is C9H12N2OS. The van der Waals surface area contributed by atoms with Crippen LogP contribution in [-0.2, 0) is 0 Å². The average Bonchev–Trinajstić information content (AvgIpc) is 2.19. The average molecular weight is 196 g/mol. The number of benzene rings is 1. The van der Waals surface area contributed by atoms with Crippen molar-refractivity contribution in [1.82, 2.24) is 5.01 Å². The Bertz CT molecular complexity index is 253. The van der Waals surface area contributed by atoms with E-state index in [-0.39, 0.29) is 0 Å². The molecule has 0 aliphatic rings. The van der Waals surface area contributed by atoms with Crippen LogP contribution in [0.5, 0.6) is 0 Å². The normalized spacial score (nSPS) is 9.62. The molecule has 13 heavy (non-hydrogen) atoms. The second-order valence-corrected chi connectivity index (χ2v) is 3.79. The van der Waals surface area contributed by atoms with E-state index in [4.69, 9.17) is 0 Å². The number of rotatable bonds is 5. The summed E-state index contributed by atoms with van der Waals surface area (Å²) in [7, 11) is 1.68. The molecule has 1 aromatic carbocycles. The van der Waals surface area contributed by atoms with Gasteiger partial charge in [-0.15, -0.1) is 16.7 Å². The van der Waals surface area contributed by atoms with Crippen LogP contribution in [0.2, 0.25) is 0 Å². The van der Waals surface area contributed by atoms with Gasteiger partial charge in [0.2, 0.25) is 0 Å². The molecule has 0 atom stereocenters. The van der Waals surface area contributed by atoms with E-state index in [9.17, 15) is 4.91 Å². The molecule has 70 valence electrons. The van der Waals surface area contributed by atoms with Crippen molar-refractivity contribution in [2.24, 2.45) is 5.29 Å². The third kappa shape index (κ3) is 3.94. The van der Waals surface area contributed by atoms with E-state index >= 15 is 0 Å². The predicted octanol–water partition coefficient (Wildman–Crippen LogP) is 2.39. The van der Waals surface area contributed by atoms with E-state index in [1.807, 2.05) is 18.2 Å². The van der Waals surface area contributed by atoms with E-state index in [2.05, 4.69) is 17.4 Å². The number of hydrogen-bond donors (Lipinski definition) is 0. The zero-order valence-electron chi connectivity index (χ0n) is 7.51. The van der Waals surface area contributed by atoms with Crippen molar-refractivity contribution in [1.29, 1.82) is 0 Å². The van der Waals surface area contributed by atoms with Crippen LogP contribution in [-0.4, -0.2) is 24.4 Å². The molecule has 1 rings (SSSR count). The number of thioether (sulfide) groups is 1. The molecule has 0 saturated carbocycles. The quantitative estimate of drug-likeness (QED) is 0.412. The molecule has 0 bridgehead atoms. The van der Waals surface area contributed by atoms with Crippen LogP contribution in [0.4, 0.5) is 0 Å². The third-order valence-electron chi connectivity index (χ3n) is 1.57. The molecule has 0 aromatic heterocycles. The van der Waals surface area contributed by atoms with Crippen LogP contribution >= 0.6 is 11.8 Å². The summed E-state index contributed by atoms with van der Waals surface area (Å²) >= 11 is 1.72. The van der Waals surface area contributed by atoms with Crippen molar-refractivity contribution in [3.8, 4) is 0 Å². The summed E-state index contributed by atoms with van der Waals surface area (Å²) in [6.07, 6.45) is 0. The standard InChI is InChI=1S/C9H12N2OS/c1-11(10-12)7-8-13-9-5-3-2-4-6-9/h2-6H,7-8H2,1H3. The van der Waals surface area contributed by atoms with Gasteiger partial charge in [-0.25, -0.2) is 0 Å². The molecule has 4 heteroatoms. The first kappa shape index (κ1) is 10.1. The van der Waals surface area contributed by atoms with Gasteiger partial charge in [-0.1, -0.05) is 18.2 Å². The maximum absolute atomic E-state index is 10.0. The number of nitrogens with zero attached hydrogens (tertiary/aromatic N) is 2. The molecule has 0 heterocycles. The third-order valence-corrected chi connectivity index (χ3v) is 2.56. The number of nitroso groups, excluding NO2 is 1. The molecule has 0 radical (unpaired) electrons. The summed E-state index contributed by atoms with van der Waals surface area (Å²) in [5, 5.41) is 4.19. The van der Waals surface area contributed by atoms with Gasteiger partial charge in [0, 0.05) is 24.2 Å². The largest absolute Gasteiger partial charge is 0.263 e. The SMILES string of the molecule is CN(CCSc1ccccc1)N=O. The Labute approximate surface area is 82.1 Å². The van der Waals surface area contributed by atoms with Gasteiger partial charge < -0.3 is 0 Å². The molecule has 0 fully saturated rings. The minimum Gasteiger partial charge on any atom is -0.263 e. The van der Waals surface area contributed by atoms with E-state index in [1.54, 1.807) is 18.8 Å². The summed E-state index contributed by atoms with van der Waals surface area (Å²) in [5.41, 5.74) is 0. The Kier molecular flexibility index (Phi) is 4.32. The lowest BCUT2D eigenvalue weighted by atomic mass is 10.4. The highest BCUT2D eigenvalue weighted by Crippen LogP contribution is 2.16. The second-order valence-electron chi connectivity index (χ2n) is 2.62. The Balaban J connectivity index is 2.24.